The van der Waals surface area contributed by atoms with E-state index in [4.69, 9.17) is 43.7 Å². The maximum atomic E-state index is 6.56. The average molecular weight is 1460 g/mol. The summed E-state index contributed by atoms with van der Waals surface area (Å²) in [6.07, 6.45) is 0. The van der Waals surface area contributed by atoms with Crippen molar-refractivity contribution in [1.82, 2.24) is 34.9 Å². The largest absolute Gasteiger partial charge is 0.455 e. The molecule has 0 aliphatic heterocycles. The summed E-state index contributed by atoms with van der Waals surface area (Å²) in [4.78, 5) is 35.7. The molecule has 0 bridgehead atoms. The molecule has 0 aliphatic carbocycles. The number of hydrogen-bond acceptors (Lipinski definition) is 9. The smallest absolute Gasteiger partial charge is 0.164 e. The van der Waals surface area contributed by atoms with Gasteiger partial charge in [0.15, 0.2) is 23.3 Å². The van der Waals surface area contributed by atoms with Gasteiger partial charge >= 0.3 is 0 Å². The van der Waals surface area contributed by atoms with Crippen LogP contribution in [0, 0.1) is 0 Å². The van der Waals surface area contributed by atoms with Crippen molar-refractivity contribution in [2.24, 2.45) is 0 Å². The SMILES string of the molecule is c1ccc(-c2cccc(-c3cc(-c4ccc(-c5ccc(-c6nc7cc8ccccc8cc7c7oc8ccccc8c67)cc5)cc4)nc(-c4ccccc4)n3)c2)cc1.c1ccc(-c2cccc(-c3nc(-c4ccccc4)nc(-c4ccc(-c5ccc(-c6nc7cc8ccccc8cc7c7oc8ccccc8c67)cc5)cc4)n3)c2)cc1. The fourth-order valence-corrected chi connectivity index (χ4v) is 15.8. The van der Waals surface area contributed by atoms with Crippen LogP contribution >= 0.6 is 0 Å². The molecular weight excluding hydrogens is 1390 g/mol. The number of fused-ring (bicyclic) bond motifs is 12. The van der Waals surface area contributed by atoms with E-state index in [-0.39, 0.29) is 0 Å². The molecule has 0 fully saturated rings. The van der Waals surface area contributed by atoms with Crippen molar-refractivity contribution in [2.45, 2.75) is 0 Å². The number of nitrogens with zero attached hydrogens (tertiary/aromatic N) is 7. The molecule has 0 unspecified atom stereocenters. The first-order valence-electron chi connectivity index (χ1n) is 38.2. The van der Waals surface area contributed by atoms with Gasteiger partial charge in [0.05, 0.1) is 44.6 Å². The first-order chi connectivity index (χ1) is 56.4. The van der Waals surface area contributed by atoms with Gasteiger partial charge in [-0.05, 0) is 121 Å². The van der Waals surface area contributed by atoms with E-state index in [1.807, 2.05) is 84.9 Å². The van der Waals surface area contributed by atoms with Crippen LogP contribution in [0.25, 0.3) is 222 Å². The Balaban J connectivity index is 0.000000143. The van der Waals surface area contributed by atoms with Crippen molar-refractivity contribution in [3.8, 4) is 135 Å². The molecule has 0 spiro atoms. The molecule has 0 saturated heterocycles. The number of benzene rings is 16. The van der Waals surface area contributed by atoms with Crippen molar-refractivity contribution in [3.05, 3.63) is 394 Å². The predicted molar refractivity (Wildman–Crippen MR) is 467 cm³/mol. The van der Waals surface area contributed by atoms with Crippen LogP contribution in [0.2, 0.25) is 0 Å². The van der Waals surface area contributed by atoms with Gasteiger partial charge in [-0.15, -0.1) is 0 Å². The van der Waals surface area contributed by atoms with Crippen molar-refractivity contribution in [1.29, 1.82) is 0 Å². The molecule has 114 heavy (non-hydrogen) atoms. The Morgan fingerprint density at radius 3 is 0.895 bits per heavy atom. The molecular formula is C105H65N7O2. The summed E-state index contributed by atoms with van der Waals surface area (Å²) in [7, 11) is 0. The molecule has 532 valence electrons. The lowest BCUT2D eigenvalue weighted by atomic mass is 9.97. The fourth-order valence-electron chi connectivity index (χ4n) is 15.8. The van der Waals surface area contributed by atoms with Gasteiger partial charge in [-0.25, -0.2) is 34.9 Å². The topological polar surface area (TPSA) is 117 Å². The van der Waals surface area contributed by atoms with Gasteiger partial charge in [0.2, 0.25) is 0 Å². The van der Waals surface area contributed by atoms with Crippen LogP contribution in [0.15, 0.2) is 403 Å². The lowest BCUT2D eigenvalue weighted by Gasteiger charge is -2.11. The molecule has 0 atom stereocenters. The molecule has 0 aliphatic rings. The maximum absolute atomic E-state index is 6.56. The highest BCUT2D eigenvalue weighted by molar-refractivity contribution is 6.22. The minimum absolute atomic E-state index is 0.623. The lowest BCUT2D eigenvalue weighted by molar-refractivity contribution is 0.672. The Kier molecular flexibility index (Phi) is 16.7. The molecule has 9 heteroatoms. The lowest BCUT2D eigenvalue weighted by Crippen LogP contribution is -2.00. The van der Waals surface area contributed by atoms with E-state index in [9.17, 15) is 0 Å². The van der Waals surface area contributed by atoms with E-state index in [1.54, 1.807) is 0 Å². The highest BCUT2D eigenvalue weighted by atomic mass is 16.3. The second-order valence-electron chi connectivity index (χ2n) is 28.7. The number of furan rings is 2. The van der Waals surface area contributed by atoms with Crippen LogP contribution in [-0.2, 0) is 0 Å². The van der Waals surface area contributed by atoms with Crippen LogP contribution in [0.3, 0.4) is 0 Å². The molecule has 0 amide bonds. The summed E-state index contributed by atoms with van der Waals surface area (Å²) in [5, 5.41) is 10.9. The Hall–Kier alpha value is -15.5. The minimum Gasteiger partial charge on any atom is -0.455 e. The standard InChI is InChI=1S/C53H33N3O.C52H32N4O/c1-3-12-34(13-4-1)40-18-11-19-43(30-40)47-33-46(55-53(56-47)39-14-5-2-6-15-39)37-26-22-35(23-27-37)36-24-28-38(29-25-36)51-50-44-20-9-10-21-49(44)57-52(50)45-31-41-16-7-8-17-42(41)32-48(45)54-51;1-3-12-33(13-4-1)39-18-11-19-42(30-39)52-55-50(37-14-5-2-6-15-37)54-51(56-52)38-28-24-35(25-29-38)34-22-26-36(27-23-34)48-47-43-20-9-10-21-46(43)57-49(47)44-31-40-16-7-8-17-41(40)32-45(44)53-48/h1-33H;1-32H. The zero-order valence-corrected chi connectivity index (χ0v) is 61.5. The first-order valence-corrected chi connectivity index (χ1v) is 38.2. The van der Waals surface area contributed by atoms with Crippen molar-refractivity contribution >= 4 is 87.2 Å². The number of para-hydroxylation sites is 2. The Morgan fingerprint density at radius 1 is 0.167 bits per heavy atom. The maximum Gasteiger partial charge on any atom is 0.164 e. The second-order valence-corrected chi connectivity index (χ2v) is 28.7. The number of rotatable bonds is 12. The van der Waals surface area contributed by atoms with Crippen LogP contribution in [0.4, 0.5) is 0 Å². The second kappa shape index (κ2) is 28.5. The third-order valence-corrected chi connectivity index (χ3v) is 21.6. The molecule has 22 rings (SSSR count). The molecule has 16 aromatic carbocycles. The summed E-state index contributed by atoms with van der Waals surface area (Å²) in [6.45, 7) is 0. The number of hydrogen-bond donors (Lipinski definition) is 0. The third kappa shape index (κ3) is 12.6. The molecule has 22 aromatic rings. The van der Waals surface area contributed by atoms with E-state index in [2.05, 4.69) is 309 Å². The van der Waals surface area contributed by atoms with Gasteiger partial charge in [0.1, 0.15) is 22.3 Å². The zero-order valence-electron chi connectivity index (χ0n) is 61.5. The van der Waals surface area contributed by atoms with E-state index in [1.165, 1.54) is 10.9 Å². The zero-order chi connectivity index (χ0) is 75.4. The Bertz CT molecular complexity index is 6970. The van der Waals surface area contributed by atoms with Gasteiger partial charge in [-0.2, -0.15) is 0 Å². The summed E-state index contributed by atoms with van der Waals surface area (Å²) >= 11 is 0. The summed E-state index contributed by atoms with van der Waals surface area (Å²) in [5.41, 5.74) is 25.8. The normalized spacial score (nSPS) is 11.5. The Labute approximate surface area is 656 Å². The van der Waals surface area contributed by atoms with Gasteiger partial charge in [0.25, 0.3) is 0 Å². The van der Waals surface area contributed by atoms with Crippen LogP contribution in [-0.4, -0.2) is 34.9 Å². The highest BCUT2D eigenvalue weighted by Gasteiger charge is 2.23. The van der Waals surface area contributed by atoms with Gasteiger partial charge < -0.3 is 8.83 Å². The Morgan fingerprint density at radius 2 is 0.456 bits per heavy atom. The van der Waals surface area contributed by atoms with E-state index in [0.29, 0.717) is 23.3 Å². The van der Waals surface area contributed by atoms with Gasteiger partial charge in [0, 0.05) is 66.1 Å². The van der Waals surface area contributed by atoms with Crippen LogP contribution in [0.1, 0.15) is 0 Å². The summed E-state index contributed by atoms with van der Waals surface area (Å²) in [5.74, 6) is 2.59. The van der Waals surface area contributed by atoms with Crippen LogP contribution in [0.5, 0.6) is 0 Å². The minimum atomic E-state index is 0.623. The predicted octanol–water partition coefficient (Wildman–Crippen LogP) is 27.6. The van der Waals surface area contributed by atoms with E-state index in [0.717, 1.165) is 188 Å². The van der Waals surface area contributed by atoms with Crippen molar-refractivity contribution < 1.29 is 8.83 Å². The third-order valence-electron chi connectivity index (χ3n) is 21.6. The molecule has 0 N–H and O–H groups in total. The van der Waals surface area contributed by atoms with E-state index < -0.39 is 0 Å². The van der Waals surface area contributed by atoms with Gasteiger partial charge in [-0.1, -0.05) is 340 Å². The summed E-state index contributed by atoms with van der Waals surface area (Å²) in [6, 6.07) is 137. The molecule has 9 nitrogen and oxygen atoms in total. The first kappa shape index (κ1) is 66.7. The van der Waals surface area contributed by atoms with Crippen molar-refractivity contribution in [3.63, 3.8) is 0 Å². The number of pyridine rings is 2. The molecule has 6 aromatic heterocycles. The number of aromatic nitrogens is 7. The highest BCUT2D eigenvalue weighted by Crippen LogP contribution is 2.44. The summed E-state index contributed by atoms with van der Waals surface area (Å²) < 4.78 is 13.1. The monoisotopic (exact) mass is 1460 g/mol. The fraction of sp³-hybridized carbons (Fsp3) is 0. The van der Waals surface area contributed by atoms with Crippen molar-refractivity contribution in [2.75, 3.05) is 0 Å². The molecule has 0 radical (unpaired) electrons. The van der Waals surface area contributed by atoms with Gasteiger partial charge in [-0.3, -0.25) is 0 Å². The molecule has 0 saturated carbocycles. The van der Waals surface area contributed by atoms with E-state index >= 15 is 0 Å². The van der Waals surface area contributed by atoms with Crippen LogP contribution < -0.4 is 0 Å². The molecule has 6 heterocycles. The quantitative estimate of drug-likeness (QED) is 0.110. The average Bonchev–Trinajstić information content (AvgIpc) is 1.53.